The molecule has 3 N–H and O–H groups in total. The Hall–Kier alpha value is -1.40. The van der Waals surface area contributed by atoms with Crippen LogP contribution in [-0.2, 0) is 11.3 Å². The van der Waals surface area contributed by atoms with Crippen molar-refractivity contribution in [2.75, 3.05) is 33.7 Å². The van der Waals surface area contributed by atoms with E-state index in [0.29, 0.717) is 18.3 Å². The number of aromatic nitrogens is 2. The summed E-state index contributed by atoms with van der Waals surface area (Å²) >= 11 is 0. The van der Waals surface area contributed by atoms with Crippen LogP contribution >= 0.6 is 0 Å². The van der Waals surface area contributed by atoms with E-state index in [0.717, 1.165) is 32.6 Å². The third kappa shape index (κ3) is 10.2. The van der Waals surface area contributed by atoms with Crippen molar-refractivity contribution in [1.82, 2.24) is 25.7 Å². The average molecular weight is 394 g/mol. The molecule has 28 heavy (non-hydrogen) atoms. The SMILES string of the molecule is CCNC(=O)CCC(C)C.CNCCN(C)Cc1cn[nH]c1C1CCCCC1. The Morgan fingerprint density at radius 2 is 2.04 bits per heavy atom. The highest BCUT2D eigenvalue weighted by Crippen LogP contribution is 2.33. The Morgan fingerprint density at radius 3 is 2.64 bits per heavy atom. The monoisotopic (exact) mass is 393 g/mol. The van der Waals surface area contributed by atoms with Gasteiger partial charge in [0.2, 0.25) is 5.91 Å². The van der Waals surface area contributed by atoms with Crippen molar-refractivity contribution in [3.8, 4) is 0 Å². The van der Waals surface area contributed by atoms with Crippen LogP contribution in [0, 0.1) is 5.92 Å². The van der Waals surface area contributed by atoms with Crippen LogP contribution in [0.4, 0.5) is 0 Å². The second kappa shape index (κ2) is 14.6. The van der Waals surface area contributed by atoms with Crippen LogP contribution in [0.15, 0.2) is 6.20 Å². The maximum Gasteiger partial charge on any atom is 0.219 e. The van der Waals surface area contributed by atoms with Gasteiger partial charge in [-0.1, -0.05) is 33.1 Å². The Kier molecular flexibility index (Phi) is 12.8. The van der Waals surface area contributed by atoms with Crippen molar-refractivity contribution in [3.05, 3.63) is 17.5 Å². The molecule has 0 aliphatic heterocycles. The topological polar surface area (TPSA) is 73.1 Å². The summed E-state index contributed by atoms with van der Waals surface area (Å²) in [5.74, 6) is 1.52. The second-order valence-electron chi connectivity index (χ2n) is 8.37. The molecule has 6 heteroatoms. The number of hydrogen-bond acceptors (Lipinski definition) is 4. The summed E-state index contributed by atoms with van der Waals surface area (Å²) in [4.78, 5) is 13.2. The standard InChI is InChI=1S/C14H26N4.C8H17NO/c1-15-8-9-18(2)11-13-10-16-17-14(13)12-6-4-3-5-7-12;1-4-9-8(10)6-5-7(2)3/h10,12,15H,3-9,11H2,1-2H3,(H,16,17);7H,4-6H2,1-3H3,(H,9,10). The molecule has 1 amide bonds. The largest absolute Gasteiger partial charge is 0.356 e. The fourth-order valence-corrected chi connectivity index (χ4v) is 3.57. The molecule has 1 fully saturated rings. The van der Waals surface area contributed by atoms with E-state index in [1.165, 1.54) is 43.4 Å². The summed E-state index contributed by atoms with van der Waals surface area (Å²) in [6.07, 6.45) is 10.5. The van der Waals surface area contributed by atoms with E-state index in [-0.39, 0.29) is 5.91 Å². The van der Waals surface area contributed by atoms with Gasteiger partial charge < -0.3 is 15.5 Å². The lowest BCUT2D eigenvalue weighted by Gasteiger charge is -2.23. The summed E-state index contributed by atoms with van der Waals surface area (Å²) in [5, 5.41) is 13.5. The predicted molar refractivity (Wildman–Crippen MR) is 117 cm³/mol. The molecule has 1 aliphatic rings. The van der Waals surface area contributed by atoms with Crippen LogP contribution in [0.1, 0.15) is 82.9 Å². The summed E-state index contributed by atoms with van der Waals surface area (Å²) in [5.41, 5.74) is 2.78. The summed E-state index contributed by atoms with van der Waals surface area (Å²) < 4.78 is 0. The van der Waals surface area contributed by atoms with Gasteiger partial charge in [-0.15, -0.1) is 0 Å². The first kappa shape index (κ1) is 24.6. The molecule has 0 aromatic carbocycles. The third-order valence-corrected chi connectivity index (χ3v) is 5.27. The molecular weight excluding hydrogens is 350 g/mol. The molecule has 1 aromatic rings. The van der Waals surface area contributed by atoms with Gasteiger partial charge in [-0.25, -0.2) is 0 Å². The summed E-state index contributed by atoms with van der Waals surface area (Å²) in [6.45, 7) is 10.0. The van der Waals surface area contributed by atoms with E-state index in [9.17, 15) is 4.79 Å². The fourth-order valence-electron chi connectivity index (χ4n) is 3.57. The smallest absolute Gasteiger partial charge is 0.219 e. The zero-order valence-corrected chi connectivity index (χ0v) is 18.8. The number of likely N-dealkylation sites (N-methyl/N-ethyl adjacent to an activating group) is 2. The number of rotatable bonds is 10. The number of carbonyl (C=O) groups excluding carboxylic acids is 1. The highest BCUT2D eigenvalue weighted by Gasteiger charge is 2.20. The van der Waals surface area contributed by atoms with Crippen LogP contribution in [0.25, 0.3) is 0 Å². The van der Waals surface area contributed by atoms with Crippen LogP contribution in [0.5, 0.6) is 0 Å². The van der Waals surface area contributed by atoms with Gasteiger partial charge >= 0.3 is 0 Å². The molecule has 0 atom stereocenters. The summed E-state index contributed by atoms with van der Waals surface area (Å²) in [7, 11) is 4.17. The fraction of sp³-hybridized carbons (Fsp3) is 0.818. The highest BCUT2D eigenvalue weighted by molar-refractivity contribution is 5.75. The molecule has 0 saturated heterocycles. The first-order chi connectivity index (χ1) is 13.5. The quantitative estimate of drug-likeness (QED) is 0.567. The van der Waals surface area contributed by atoms with E-state index < -0.39 is 0 Å². The lowest BCUT2D eigenvalue weighted by atomic mass is 9.85. The second-order valence-corrected chi connectivity index (χ2v) is 8.37. The number of nitrogens with one attached hydrogen (secondary N) is 3. The number of H-pyrrole nitrogens is 1. The van der Waals surface area contributed by atoms with Gasteiger partial charge in [0.05, 0.1) is 6.20 Å². The zero-order valence-electron chi connectivity index (χ0n) is 18.8. The van der Waals surface area contributed by atoms with Crippen LogP contribution in [0.2, 0.25) is 0 Å². The van der Waals surface area contributed by atoms with Crippen LogP contribution in [0.3, 0.4) is 0 Å². The van der Waals surface area contributed by atoms with Crippen molar-refractivity contribution in [1.29, 1.82) is 0 Å². The zero-order chi connectivity index (χ0) is 20.8. The Bertz CT molecular complexity index is 523. The van der Waals surface area contributed by atoms with Crippen molar-refractivity contribution >= 4 is 5.91 Å². The van der Waals surface area contributed by atoms with Gasteiger partial charge in [0, 0.05) is 49.8 Å². The third-order valence-electron chi connectivity index (χ3n) is 5.27. The minimum atomic E-state index is 0.177. The normalized spacial score (nSPS) is 14.8. The van der Waals surface area contributed by atoms with E-state index in [2.05, 4.69) is 46.6 Å². The molecule has 1 aromatic heterocycles. The van der Waals surface area contributed by atoms with Crippen molar-refractivity contribution in [2.24, 2.45) is 5.92 Å². The number of aromatic amines is 1. The van der Waals surface area contributed by atoms with Gasteiger partial charge in [0.1, 0.15) is 0 Å². The Morgan fingerprint density at radius 1 is 1.32 bits per heavy atom. The molecule has 6 nitrogen and oxygen atoms in total. The first-order valence-electron chi connectivity index (χ1n) is 11.1. The van der Waals surface area contributed by atoms with E-state index in [1.807, 2.05) is 20.2 Å². The van der Waals surface area contributed by atoms with Crippen molar-refractivity contribution < 1.29 is 4.79 Å². The number of nitrogens with zero attached hydrogens (tertiary/aromatic N) is 2. The maximum atomic E-state index is 10.8. The average Bonchev–Trinajstić information content (AvgIpc) is 3.14. The van der Waals surface area contributed by atoms with Gasteiger partial charge in [-0.05, 0) is 46.2 Å². The van der Waals surface area contributed by atoms with Crippen LogP contribution in [-0.4, -0.2) is 54.7 Å². The molecule has 1 saturated carbocycles. The Balaban J connectivity index is 0.000000336. The minimum absolute atomic E-state index is 0.177. The highest BCUT2D eigenvalue weighted by atomic mass is 16.1. The van der Waals surface area contributed by atoms with E-state index in [4.69, 9.17) is 0 Å². The van der Waals surface area contributed by atoms with Gasteiger partial charge in [-0.3, -0.25) is 9.89 Å². The van der Waals surface area contributed by atoms with Crippen molar-refractivity contribution in [2.45, 2.75) is 78.2 Å². The van der Waals surface area contributed by atoms with E-state index in [1.54, 1.807) is 0 Å². The molecule has 1 heterocycles. The first-order valence-corrected chi connectivity index (χ1v) is 11.1. The molecule has 0 unspecified atom stereocenters. The molecular formula is C22H43N5O. The summed E-state index contributed by atoms with van der Waals surface area (Å²) in [6, 6.07) is 0. The molecule has 0 spiro atoms. The predicted octanol–water partition coefficient (Wildman–Crippen LogP) is 3.67. The van der Waals surface area contributed by atoms with Crippen molar-refractivity contribution in [3.63, 3.8) is 0 Å². The molecule has 1 aliphatic carbocycles. The number of carbonyl (C=O) groups is 1. The molecule has 0 radical (unpaired) electrons. The van der Waals surface area contributed by atoms with Crippen LogP contribution < -0.4 is 10.6 Å². The Labute approximate surface area is 172 Å². The number of amides is 1. The van der Waals surface area contributed by atoms with Gasteiger partial charge in [-0.2, -0.15) is 5.10 Å². The minimum Gasteiger partial charge on any atom is -0.356 e. The molecule has 0 bridgehead atoms. The molecule has 2 rings (SSSR count). The van der Waals surface area contributed by atoms with Gasteiger partial charge in [0.25, 0.3) is 0 Å². The maximum absolute atomic E-state index is 10.8. The lowest BCUT2D eigenvalue weighted by Crippen LogP contribution is -2.27. The van der Waals surface area contributed by atoms with E-state index >= 15 is 0 Å². The van der Waals surface area contributed by atoms with Gasteiger partial charge in [0.15, 0.2) is 0 Å². The lowest BCUT2D eigenvalue weighted by molar-refractivity contribution is -0.121. The number of hydrogen-bond donors (Lipinski definition) is 3. The molecule has 162 valence electrons.